The van der Waals surface area contributed by atoms with Crippen molar-refractivity contribution in [2.24, 2.45) is 7.05 Å². The van der Waals surface area contributed by atoms with Crippen LogP contribution >= 0.6 is 0 Å². The van der Waals surface area contributed by atoms with Crippen LogP contribution in [0.1, 0.15) is 44.6 Å². The van der Waals surface area contributed by atoms with E-state index < -0.39 is 0 Å². The minimum absolute atomic E-state index is 0.285. The molecule has 0 spiro atoms. The zero-order valence-corrected chi connectivity index (χ0v) is 15.3. The predicted molar refractivity (Wildman–Crippen MR) is 96.2 cm³/mol. The van der Waals surface area contributed by atoms with Crippen molar-refractivity contribution in [3.05, 3.63) is 17.7 Å². The molecule has 0 radical (unpaired) electrons. The highest BCUT2D eigenvalue weighted by Gasteiger charge is 2.19. The van der Waals surface area contributed by atoms with Crippen LogP contribution in [0.25, 0.3) is 22.6 Å². The molecule has 3 rings (SSSR count). The van der Waals surface area contributed by atoms with Crippen molar-refractivity contribution in [2.75, 3.05) is 11.9 Å². The summed E-state index contributed by atoms with van der Waals surface area (Å²) in [7, 11) is 1.94. The number of aryl methyl sites for hydroxylation is 2. The first kappa shape index (κ1) is 16.4. The molecule has 0 aromatic carbocycles. The Hall–Kier alpha value is -2.44. The van der Waals surface area contributed by atoms with Gasteiger partial charge in [-0.3, -0.25) is 4.68 Å². The molecule has 3 heterocycles. The van der Waals surface area contributed by atoms with E-state index in [1.165, 1.54) is 0 Å². The summed E-state index contributed by atoms with van der Waals surface area (Å²) in [5.74, 6) is 1.49. The Morgan fingerprint density at radius 3 is 2.54 bits per heavy atom. The Balaban J connectivity index is 2.26. The highest BCUT2D eigenvalue weighted by atomic mass is 15.3. The van der Waals surface area contributed by atoms with Crippen molar-refractivity contribution >= 4 is 17.0 Å². The first-order chi connectivity index (χ1) is 11.4. The van der Waals surface area contributed by atoms with Crippen molar-refractivity contribution in [3.63, 3.8) is 0 Å². The molecule has 3 aromatic heterocycles. The number of aromatic nitrogens is 6. The first-order valence-corrected chi connectivity index (χ1v) is 8.43. The van der Waals surface area contributed by atoms with Crippen molar-refractivity contribution < 1.29 is 0 Å². The third-order valence-electron chi connectivity index (χ3n) is 4.25. The second kappa shape index (κ2) is 6.22. The topological polar surface area (TPSA) is 73.5 Å². The van der Waals surface area contributed by atoms with Crippen molar-refractivity contribution in [1.82, 2.24) is 29.3 Å². The molecule has 0 bridgehead atoms. The van der Waals surface area contributed by atoms with E-state index in [0.29, 0.717) is 5.82 Å². The molecule has 0 fully saturated rings. The van der Waals surface area contributed by atoms with Crippen molar-refractivity contribution in [2.45, 2.75) is 47.1 Å². The number of hydrogen-bond donors (Lipinski definition) is 1. The molecule has 1 N–H and O–H groups in total. The van der Waals surface area contributed by atoms with Crippen LogP contribution < -0.4 is 5.32 Å². The van der Waals surface area contributed by atoms with Crippen LogP contribution in [0.5, 0.6) is 0 Å². The summed E-state index contributed by atoms with van der Waals surface area (Å²) in [6, 6.07) is 0.285. The van der Waals surface area contributed by atoms with Gasteiger partial charge in [-0.15, -0.1) is 0 Å². The fourth-order valence-corrected chi connectivity index (χ4v) is 2.87. The van der Waals surface area contributed by atoms with Crippen LogP contribution in [0, 0.1) is 13.8 Å². The number of rotatable bonds is 5. The SMILES string of the molecule is CCCNc1nc(-c2c(C)nn(C)c2C)nc2c1ncn2C(C)C. The van der Waals surface area contributed by atoms with Gasteiger partial charge in [0.15, 0.2) is 17.3 Å². The number of anilines is 1. The molecule has 0 unspecified atom stereocenters. The van der Waals surface area contributed by atoms with E-state index >= 15 is 0 Å². The molecule has 0 aliphatic carbocycles. The van der Waals surface area contributed by atoms with Crippen LogP contribution in [0.15, 0.2) is 6.33 Å². The molecule has 0 amide bonds. The Labute approximate surface area is 142 Å². The summed E-state index contributed by atoms with van der Waals surface area (Å²) in [5, 5.41) is 7.89. The van der Waals surface area contributed by atoms with Gasteiger partial charge in [0.2, 0.25) is 0 Å². The lowest BCUT2D eigenvalue weighted by molar-refractivity contribution is 0.613. The molecule has 7 heteroatoms. The smallest absolute Gasteiger partial charge is 0.167 e. The monoisotopic (exact) mass is 327 g/mol. The Bertz CT molecular complexity index is 873. The van der Waals surface area contributed by atoms with E-state index in [-0.39, 0.29) is 6.04 Å². The minimum atomic E-state index is 0.285. The number of nitrogens with zero attached hydrogens (tertiary/aromatic N) is 6. The lowest BCUT2D eigenvalue weighted by Gasteiger charge is -2.11. The molecule has 24 heavy (non-hydrogen) atoms. The maximum Gasteiger partial charge on any atom is 0.167 e. The minimum Gasteiger partial charge on any atom is -0.368 e. The summed E-state index contributed by atoms with van der Waals surface area (Å²) in [6.45, 7) is 11.3. The summed E-state index contributed by atoms with van der Waals surface area (Å²) < 4.78 is 3.95. The second-order valence-electron chi connectivity index (χ2n) is 6.41. The molecule has 0 aliphatic heterocycles. The zero-order valence-electron chi connectivity index (χ0n) is 15.3. The van der Waals surface area contributed by atoms with Gasteiger partial charge in [0.25, 0.3) is 0 Å². The predicted octanol–water partition coefficient (Wildman–Crippen LogP) is 3.25. The summed E-state index contributed by atoms with van der Waals surface area (Å²) in [4.78, 5) is 14.1. The van der Waals surface area contributed by atoms with Gasteiger partial charge in [-0.25, -0.2) is 15.0 Å². The lowest BCUT2D eigenvalue weighted by atomic mass is 10.2. The van der Waals surface area contributed by atoms with Crippen LogP contribution in [0.4, 0.5) is 5.82 Å². The summed E-state index contributed by atoms with van der Waals surface area (Å²) in [5.41, 5.74) is 4.67. The highest BCUT2D eigenvalue weighted by molar-refractivity contribution is 5.85. The maximum atomic E-state index is 4.83. The maximum absolute atomic E-state index is 4.83. The molecule has 128 valence electrons. The van der Waals surface area contributed by atoms with E-state index in [1.54, 1.807) is 0 Å². The molecular weight excluding hydrogens is 302 g/mol. The average Bonchev–Trinajstić information content (AvgIpc) is 3.06. The lowest BCUT2D eigenvalue weighted by Crippen LogP contribution is -2.07. The number of fused-ring (bicyclic) bond motifs is 1. The van der Waals surface area contributed by atoms with Gasteiger partial charge in [-0.05, 0) is 34.1 Å². The Kier molecular flexibility index (Phi) is 4.26. The standard InChI is InChI=1S/C17H25N7/c1-7-8-18-16-14-17(24(9-19-14)10(2)3)21-15(20-16)13-11(4)22-23(6)12(13)5/h9-10H,7-8H2,1-6H3,(H,18,20,21). The third-order valence-corrected chi connectivity index (χ3v) is 4.25. The van der Waals surface area contributed by atoms with E-state index in [0.717, 1.165) is 46.9 Å². The fourth-order valence-electron chi connectivity index (χ4n) is 2.87. The quantitative estimate of drug-likeness (QED) is 0.778. The van der Waals surface area contributed by atoms with E-state index in [9.17, 15) is 0 Å². The Morgan fingerprint density at radius 1 is 1.21 bits per heavy atom. The van der Waals surface area contributed by atoms with Crippen LogP contribution in [-0.2, 0) is 7.05 Å². The largest absolute Gasteiger partial charge is 0.368 e. The second-order valence-corrected chi connectivity index (χ2v) is 6.41. The fraction of sp³-hybridized carbons (Fsp3) is 0.529. The summed E-state index contributed by atoms with van der Waals surface area (Å²) in [6.07, 6.45) is 2.87. The average molecular weight is 327 g/mol. The van der Waals surface area contributed by atoms with Crippen molar-refractivity contribution in [1.29, 1.82) is 0 Å². The van der Waals surface area contributed by atoms with Crippen LogP contribution in [0.2, 0.25) is 0 Å². The first-order valence-electron chi connectivity index (χ1n) is 8.43. The van der Waals surface area contributed by atoms with Gasteiger partial charge >= 0.3 is 0 Å². The van der Waals surface area contributed by atoms with Gasteiger partial charge in [0.1, 0.15) is 5.52 Å². The van der Waals surface area contributed by atoms with Gasteiger partial charge in [-0.1, -0.05) is 6.92 Å². The van der Waals surface area contributed by atoms with Gasteiger partial charge in [0, 0.05) is 25.3 Å². The van der Waals surface area contributed by atoms with Gasteiger partial charge in [-0.2, -0.15) is 5.10 Å². The molecule has 0 saturated heterocycles. The third kappa shape index (κ3) is 2.64. The highest BCUT2D eigenvalue weighted by Crippen LogP contribution is 2.29. The molecule has 3 aromatic rings. The number of hydrogen-bond acceptors (Lipinski definition) is 5. The molecular formula is C17H25N7. The van der Waals surface area contributed by atoms with E-state index in [4.69, 9.17) is 9.97 Å². The van der Waals surface area contributed by atoms with Crippen molar-refractivity contribution in [3.8, 4) is 11.4 Å². The molecule has 0 atom stereocenters. The molecule has 0 saturated carbocycles. The van der Waals surface area contributed by atoms with Crippen LogP contribution in [-0.4, -0.2) is 35.8 Å². The van der Waals surface area contributed by atoms with Gasteiger partial charge in [0.05, 0.1) is 17.6 Å². The number of nitrogens with one attached hydrogen (secondary N) is 1. The van der Waals surface area contributed by atoms with Crippen LogP contribution in [0.3, 0.4) is 0 Å². The normalized spacial score (nSPS) is 11.6. The Morgan fingerprint density at radius 2 is 1.96 bits per heavy atom. The number of imidazole rings is 1. The van der Waals surface area contributed by atoms with E-state index in [1.807, 2.05) is 31.9 Å². The zero-order chi connectivity index (χ0) is 17.4. The molecule has 7 nitrogen and oxygen atoms in total. The molecule has 0 aliphatic rings. The summed E-state index contributed by atoms with van der Waals surface area (Å²) >= 11 is 0. The van der Waals surface area contributed by atoms with E-state index in [2.05, 4.69) is 40.7 Å². The van der Waals surface area contributed by atoms with Gasteiger partial charge < -0.3 is 9.88 Å².